The standard InChI is InChI=1S/C27H33ClN6O2S/c1-33(2)37(35,36)25-8-4-3-7-24(25)31-26-23(28)18-29-27(32-26)30-21-12-9-19-10-13-22(14-11-20(19)17-21)34-15-5-6-16-34/h3-4,7-9,12,17-18,22H,5-6,10-11,13-16H2,1-2H3,(H2,29,30,31,32). The lowest BCUT2D eigenvalue weighted by Gasteiger charge is -2.25. The van der Waals surface area contributed by atoms with Gasteiger partial charge in [-0.2, -0.15) is 4.98 Å². The fourth-order valence-corrected chi connectivity index (χ4v) is 6.38. The molecule has 196 valence electrons. The van der Waals surface area contributed by atoms with Crippen molar-refractivity contribution < 1.29 is 8.42 Å². The minimum Gasteiger partial charge on any atom is -0.338 e. The molecule has 2 heterocycles. The molecule has 3 aromatic rings. The first-order valence-corrected chi connectivity index (χ1v) is 14.6. The summed E-state index contributed by atoms with van der Waals surface area (Å²) < 4.78 is 26.7. The Morgan fingerprint density at radius 3 is 2.49 bits per heavy atom. The molecule has 1 atom stereocenters. The molecule has 0 bridgehead atoms. The van der Waals surface area contributed by atoms with Gasteiger partial charge in [0, 0.05) is 25.8 Å². The molecule has 2 aromatic carbocycles. The van der Waals surface area contributed by atoms with Crippen LogP contribution in [-0.4, -0.2) is 60.8 Å². The normalized spacial score (nSPS) is 18.4. The molecule has 1 unspecified atom stereocenters. The van der Waals surface area contributed by atoms with Crippen molar-refractivity contribution in [2.75, 3.05) is 37.8 Å². The highest BCUT2D eigenvalue weighted by molar-refractivity contribution is 7.89. The number of aryl methyl sites for hydroxylation is 2. The van der Waals surface area contributed by atoms with E-state index < -0.39 is 10.0 Å². The van der Waals surface area contributed by atoms with Crippen LogP contribution >= 0.6 is 11.6 Å². The van der Waals surface area contributed by atoms with E-state index in [-0.39, 0.29) is 9.92 Å². The van der Waals surface area contributed by atoms with Gasteiger partial charge in [-0.25, -0.2) is 17.7 Å². The van der Waals surface area contributed by atoms with Gasteiger partial charge in [-0.15, -0.1) is 0 Å². The number of nitrogens with zero attached hydrogens (tertiary/aromatic N) is 4. The summed E-state index contributed by atoms with van der Waals surface area (Å²) in [7, 11) is -0.657. The van der Waals surface area contributed by atoms with Gasteiger partial charge in [-0.05, 0) is 87.0 Å². The molecule has 37 heavy (non-hydrogen) atoms. The molecule has 10 heteroatoms. The summed E-state index contributed by atoms with van der Waals surface area (Å²) in [6, 6.07) is 13.8. The predicted molar refractivity (Wildman–Crippen MR) is 149 cm³/mol. The lowest BCUT2D eigenvalue weighted by Crippen LogP contribution is -2.32. The number of nitrogens with one attached hydrogen (secondary N) is 2. The third-order valence-electron chi connectivity index (χ3n) is 7.26. The molecular weight excluding hydrogens is 508 g/mol. The SMILES string of the molecule is CN(C)S(=O)(=O)c1ccccc1Nc1nc(Nc2ccc3c(c2)CCC(N2CCCC2)CC3)ncc1Cl. The third kappa shape index (κ3) is 5.75. The Morgan fingerprint density at radius 2 is 1.73 bits per heavy atom. The van der Waals surface area contributed by atoms with E-state index in [2.05, 4.69) is 43.7 Å². The van der Waals surface area contributed by atoms with Crippen LogP contribution in [0.25, 0.3) is 0 Å². The second-order valence-corrected chi connectivity index (χ2v) is 12.4. The molecule has 2 aliphatic rings. The average Bonchev–Trinajstić information content (AvgIpc) is 3.34. The van der Waals surface area contributed by atoms with Crippen molar-refractivity contribution >= 4 is 44.8 Å². The number of halogens is 1. The van der Waals surface area contributed by atoms with E-state index in [1.807, 2.05) is 0 Å². The van der Waals surface area contributed by atoms with Crippen LogP contribution in [0, 0.1) is 0 Å². The minimum absolute atomic E-state index is 0.141. The number of sulfonamides is 1. The first-order chi connectivity index (χ1) is 17.8. The average molecular weight is 541 g/mol. The van der Waals surface area contributed by atoms with Gasteiger partial charge in [-0.3, -0.25) is 0 Å². The molecule has 0 radical (unpaired) electrons. The number of aromatic nitrogens is 2. The van der Waals surface area contributed by atoms with Gasteiger partial charge in [0.2, 0.25) is 16.0 Å². The highest BCUT2D eigenvalue weighted by atomic mass is 35.5. The first kappa shape index (κ1) is 25.9. The zero-order chi connectivity index (χ0) is 26.0. The highest BCUT2D eigenvalue weighted by Gasteiger charge is 2.25. The van der Waals surface area contributed by atoms with E-state index in [4.69, 9.17) is 11.6 Å². The van der Waals surface area contributed by atoms with Gasteiger partial charge >= 0.3 is 0 Å². The largest absolute Gasteiger partial charge is 0.338 e. The summed E-state index contributed by atoms with van der Waals surface area (Å²) in [5.41, 5.74) is 4.11. The van der Waals surface area contributed by atoms with Crippen molar-refractivity contribution in [2.45, 2.75) is 49.5 Å². The molecular formula is C27H33ClN6O2S. The van der Waals surface area contributed by atoms with Gasteiger partial charge in [0.15, 0.2) is 5.82 Å². The summed E-state index contributed by atoms with van der Waals surface area (Å²) in [6.45, 7) is 2.48. The van der Waals surface area contributed by atoms with Crippen LogP contribution in [0.2, 0.25) is 5.02 Å². The number of fused-ring (bicyclic) bond motifs is 1. The lowest BCUT2D eigenvalue weighted by atomic mass is 10.0. The Balaban J connectivity index is 1.33. The molecule has 1 fully saturated rings. The minimum atomic E-state index is -3.65. The van der Waals surface area contributed by atoms with Crippen molar-refractivity contribution in [2.24, 2.45) is 0 Å². The van der Waals surface area contributed by atoms with Crippen LogP contribution in [0.15, 0.2) is 53.6 Å². The highest BCUT2D eigenvalue weighted by Crippen LogP contribution is 2.31. The second-order valence-electron chi connectivity index (χ2n) is 9.88. The molecule has 1 aliphatic carbocycles. The van der Waals surface area contributed by atoms with E-state index in [1.165, 1.54) is 74.5 Å². The van der Waals surface area contributed by atoms with E-state index in [9.17, 15) is 8.42 Å². The summed E-state index contributed by atoms with van der Waals surface area (Å²) >= 11 is 6.38. The number of anilines is 4. The van der Waals surface area contributed by atoms with E-state index >= 15 is 0 Å². The monoisotopic (exact) mass is 540 g/mol. The van der Waals surface area contributed by atoms with Crippen molar-refractivity contribution in [1.82, 2.24) is 19.2 Å². The maximum Gasteiger partial charge on any atom is 0.244 e. The van der Waals surface area contributed by atoms with Crippen molar-refractivity contribution in [3.63, 3.8) is 0 Å². The Bertz CT molecular complexity index is 1380. The molecule has 0 amide bonds. The number of benzene rings is 2. The summed E-state index contributed by atoms with van der Waals surface area (Å²) in [5.74, 6) is 0.701. The topological polar surface area (TPSA) is 90.5 Å². The Labute approximate surface area is 224 Å². The smallest absolute Gasteiger partial charge is 0.244 e. The summed E-state index contributed by atoms with van der Waals surface area (Å²) in [6.07, 6.45) is 8.75. The van der Waals surface area contributed by atoms with Crippen LogP contribution in [-0.2, 0) is 22.9 Å². The fraction of sp³-hybridized carbons (Fsp3) is 0.407. The van der Waals surface area contributed by atoms with Gasteiger partial charge < -0.3 is 15.5 Å². The molecule has 1 aliphatic heterocycles. The van der Waals surface area contributed by atoms with Crippen LogP contribution in [0.1, 0.15) is 36.8 Å². The van der Waals surface area contributed by atoms with Gasteiger partial charge in [-0.1, -0.05) is 29.8 Å². The maximum atomic E-state index is 12.8. The zero-order valence-corrected chi connectivity index (χ0v) is 22.8. The van der Waals surface area contributed by atoms with Gasteiger partial charge in [0.25, 0.3) is 0 Å². The first-order valence-electron chi connectivity index (χ1n) is 12.8. The van der Waals surface area contributed by atoms with Crippen LogP contribution in [0.5, 0.6) is 0 Å². The Kier molecular flexibility index (Phi) is 7.67. The van der Waals surface area contributed by atoms with Crippen LogP contribution in [0.4, 0.5) is 23.1 Å². The Hall–Kier alpha value is -2.72. The Morgan fingerprint density at radius 1 is 1.00 bits per heavy atom. The number of hydrogen-bond donors (Lipinski definition) is 2. The molecule has 0 spiro atoms. The maximum absolute atomic E-state index is 12.8. The number of hydrogen-bond acceptors (Lipinski definition) is 7. The molecule has 8 nitrogen and oxygen atoms in total. The molecule has 1 saturated heterocycles. The van der Waals surface area contributed by atoms with E-state index in [0.717, 1.165) is 18.5 Å². The van der Waals surface area contributed by atoms with Gasteiger partial charge in [0.1, 0.15) is 9.92 Å². The summed E-state index contributed by atoms with van der Waals surface area (Å²) in [5, 5.41) is 6.67. The van der Waals surface area contributed by atoms with Crippen molar-refractivity contribution in [1.29, 1.82) is 0 Å². The predicted octanol–water partition coefficient (Wildman–Crippen LogP) is 5.21. The molecule has 0 saturated carbocycles. The van der Waals surface area contributed by atoms with Crippen molar-refractivity contribution in [3.05, 3.63) is 64.8 Å². The second kappa shape index (κ2) is 10.9. The molecule has 5 rings (SSSR count). The quantitative estimate of drug-likeness (QED) is 0.397. The fourth-order valence-electron chi connectivity index (χ4n) is 5.20. The third-order valence-corrected chi connectivity index (χ3v) is 9.41. The molecule has 2 N–H and O–H groups in total. The van der Waals surface area contributed by atoms with Crippen LogP contribution in [0.3, 0.4) is 0 Å². The van der Waals surface area contributed by atoms with E-state index in [0.29, 0.717) is 23.5 Å². The number of rotatable bonds is 7. The number of para-hydroxylation sites is 1. The van der Waals surface area contributed by atoms with Crippen molar-refractivity contribution in [3.8, 4) is 0 Å². The van der Waals surface area contributed by atoms with E-state index in [1.54, 1.807) is 24.3 Å². The number of likely N-dealkylation sites (tertiary alicyclic amines) is 1. The van der Waals surface area contributed by atoms with Crippen LogP contribution < -0.4 is 10.6 Å². The lowest BCUT2D eigenvalue weighted by molar-refractivity contribution is 0.222. The summed E-state index contributed by atoms with van der Waals surface area (Å²) in [4.78, 5) is 11.7. The van der Waals surface area contributed by atoms with Gasteiger partial charge in [0.05, 0.1) is 11.9 Å². The molecule has 1 aromatic heterocycles. The zero-order valence-electron chi connectivity index (χ0n) is 21.2.